The van der Waals surface area contributed by atoms with Gasteiger partial charge in [-0.3, -0.25) is 4.79 Å². The van der Waals surface area contributed by atoms with Gasteiger partial charge in [0.1, 0.15) is 28.9 Å². The molecular formula is C18H22N2O5. The van der Waals surface area contributed by atoms with Crippen molar-refractivity contribution in [2.75, 3.05) is 34.5 Å². The maximum atomic E-state index is 12.3. The number of carbonyl (C=O) groups excluding carboxylic acids is 1. The van der Waals surface area contributed by atoms with Gasteiger partial charge in [0.05, 0.1) is 33.0 Å². The van der Waals surface area contributed by atoms with Crippen molar-refractivity contribution in [1.29, 1.82) is 5.26 Å². The van der Waals surface area contributed by atoms with E-state index in [2.05, 4.69) is 5.32 Å². The van der Waals surface area contributed by atoms with Gasteiger partial charge in [0.2, 0.25) is 0 Å². The number of carbonyl (C=O) groups is 1. The third-order valence-electron chi connectivity index (χ3n) is 3.92. The van der Waals surface area contributed by atoms with Gasteiger partial charge in [-0.1, -0.05) is 0 Å². The van der Waals surface area contributed by atoms with E-state index in [-0.39, 0.29) is 11.7 Å². The fraction of sp³-hybridized carbons (Fsp3) is 0.444. The summed E-state index contributed by atoms with van der Waals surface area (Å²) in [7, 11) is 4.52. The average Bonchev–Trinajstić information content (AvgIpc) is 3.17. The largest absolute Gasteiger partial charge is 0.496 e. The lowest BCUT2D eigenvalue weighted by Gasteiger charge is -2.13. The molecule has 7 nitrogen and oxygen atoms in total. The van der Waals surface area contributed by atoms with Gasteiger partial charge in [0.15, 0.2) is 0 Å². The first-order chi connectivity index (χ1) is 12.1. The summed E-state index contributed by atoms with van der Waals surface area (Å²) >= 11 is 0. The van der Waals surface area contributed by atoms with E-state index >= 15 is 0 Å². The molecule has 7 heteroatoms. The van der Waals surface area contributed by atoms with Gasteiger partial charge in [0.25, 0.3) is 5.91 Å². The molecule has 0 spiro atoms. The van der Waals surface area contributed by atoms with Crippen molar-refractivity contribution in [3.8, 4) is 23.3 Å². The Bertz CT molecular complexity index is 662. The summed E-state index contributed by atoms with van der Waals surface area (Å²) in [5.74, 6) is 0.969. The van der Waals surface area contributed by atoms with Crippen molar-refractivity contribution in [3.05, 3.63) is 23.3 Å². The molecule has 1 atom stereocenters. The molecule has 1 heterocycles. The van der Waals surface area contributed by atoms with Crippen molar-refractivity contribution >= 4 is 12.0 Å². The summed E-state index contributed by atoms with van der Waals surface area (Å²) in [4.78, 5) is 12.3. The van der Waals surface area contributed by atoms with Crippen LogP contribution in [0, 0.1) is 11.3 Å². The van der Waals surface area contributed by atoms with Crippen LogP contribution < -0.4 is 19.5 Å². The third-order valence-corrected chi connectivity index (χ3v) is 3.92. The molecule has 0 aliphatic carbocycles. The fourth-order valence-corrected chi connectivity index (χ4v) is 2.57. The first-order valence-electron chi connectivity index (χ1n) is 7.94. The Morgan fingerprint density at radius 2 is 2.00 bits per heavy atom. The lowest BCUT2D eigenvalue weighted by molar-refractivity contribution is -0.117. The number of nitrogens with zero attached hydrogens (tertiary/aromatic N) is 1. The highest BCUT2D eigenvalue weighted by Crippen LogP contribution is 2.35. The lowest BCUT2D eigenvalue weighted by atomic mass is 10.1. The summed E-state index contributed by atoms with van der Waals surface area (Å²) < 4.78 is 21.3. The van der Waals surface area contributed by atoms with Gasteiger partial charge < -0.3 is 24.3 Å². The van der Waals surface area contributed by atoms with Crippen molar-refractivity contribution in [1.82, 2.24) is 5.32 Å². The summed E-state index contributed by atoms with van der Waals surface area (Å²) in [6.45, 7) is 1.09. The minimum atomic E-state index is -0.460. The van der Waals surface area contributed by atoms with E-state index < -0.39 is 5.91 Å². The van der Waals surface area contributed by atoms with Crippen LogP contribution in [0.3, 0.4) is 0 Å². The number of amides is 1. The summed E-state index contributed by atoms with van der Waals surface area (Å²) in [5.41, 5.74) is 0.453. The number of hydrogen-bond acceptors (Lipinski definition) is 6. The standard InChI is InChI=1S/C18H22N2O5/c1-22-14-8-16(23-2)15(17(9-14)24-3)7-12(10-19)18(21)20-11-13-5-4-6-25-13/h7-9,13H,4-6,11H2,1-3H3,(H,20,21)/b12-7-/t13-/m0/s1. The second-order valence-corrected chi connectivity index (χ2v) is 5.46. The van der Waals surface area contributed by atoms with Crippen molar-refractivity contribution in [2.45, 2.75) is 18.9 Å². The number of hydrogen-bond donors (Lipinski definition) is 1. The van der Waals surface area contributed by atoms with Gasteiger partial charge in [-0.05, 0) is 18.9 Å². The van der Waals surface area contributed by atoms with Crippen LogP contribution in [0.5, 0.6) is 17.2 Å². The first kappa shape index (κ1) is 18.6. The normalized spacial score (nSPS) is 16.9. The molecule has 1 fully saturated rings. The zero-order chi connectivity index (χ0) is 18.2. The fourth-order valence-electron chi connectivity index (χ4n) is 2.57. The Morgan fingerprint density at radius 3 is 2.48 bits per heavy atom. The third kappa shape index (κ3) is 4.64. The Morgan fingerprint density at radius 1 is 1.32 bits per heavy atom. The predicted molar refractivity (Wildman–Crippen MR) is 91.7 cm³/mol. The van der Waals surface area contributed by atoms with E-state index in [1.807, 2.05) is 6.07 Å². The van der Waals surface area contributed by atoms with E-state index in [1.54, 1.807) is 12.1 Å². The highest BCUT2D eigenvalue weighted by Gasteiger charge is 2.19. The molecule has 1 aromatic carbocycles. The number of nitrogens with one attached hydrogen (secondary N) is 1. The SMILES string of the molecule is COc1cc(OC)c(/C=C(/C#N)C(=O)NC[C@@H]2CCCO2)c(OC)c1. The maximum absolute atomic E-state index is 12.3. The lowest BCUT2D eigenvalue weighted by Crippen LogP contribution is -2.32. The van der Waals surface area contributed by atoms with Gasteiger partial charge in [-0.2, -0.15) is 5.26 Å². The van der Waals surface area contributed by atoms with E-state index in [9.17, 15) is 10.1 Å². The number of rotatable bonds is 7. The van der Waals surface area contributed by atoms with Crippen LogP contribution >= 0.6 is 0 Å². The molecule has 2 rings (SSSR count). The van der Waals surface area contributed by atoms with Gasteiger partial charge in [-0.15, -0.1) is 0 Å². The van der Waals surface area contributed by atoms with Crippen LogP contribution in [-0.2, 0) is 9.53 Å². The number of benzene rings is 1. The van der Waals surface area contributed by atoms with E-state index in [1.165, 1.54) is 27.4 Å². The van der Waals surface area contributed by atoms with Crippen molar-refractivity contribution in [2.24, 2.45) is 0 Å². The Hall–Kier alpha value is -2.72. The quantitative estimate of drug-likeness (QED) is 0.599. The highest BCUT2D eigenvalue weighted by molar-refractivity contribution is 6.02. The van der Waals surface area contributed by atoms with Crippen molar-refractivity contribution in [3.63, 3.8) is 0 Å². The molecule has 0 bridgehead atoms. The number of methoxy groups -OCH3 is 3. The second-order valence-electron chi connectivity index (χ2n) is 5.46. The zero-order valence-electron chi connectivity index (χ0n) is 14.6. The van der Waals surface area contributed by atoms with Crippen LogP contribution in [0.25, 0.3) is 6.08 Å². The Balaban J connectivity index is 2.25. The highest BCUT2D eigenvalue weighted by atomic mass is 16.5. The zero-order valence-corrected chi connectivity index (χ0v) is 14.6. The summed E-state index contributed by atoms with van der Waals surface area (Å²) in [5, 5.41) is 12.1. The van der Waals surface area contributed by atoms with E-state index in [0.717, 1.165) is 12.8 Å². The van der Waals surface area contributed by atoms with Crippen molar-refractivity contribution < 1.29 is 23.7 Å². The molecule has 0 unspecified atom stereocenters. The van der Waals surface area contributed by atoms with Gasteiger partial charge in [-0.25, -0.2) is 0 Å². The molecular weight excluding hydrogens is 324 g/mol. The van der Waals surface area contributed by atoms with Gasteiger partial charge in [0, 0.05) is 25.3 Å². The molecule has 1 aliphatic rings. The van der Waals surface area contributed by atoms with E-state index in [0.29, 0.717) is 36.0 Å². The van der Waals surface area contributed by atoms with Crippen LogP contribution in [0.2, 0.25) is 0 Å². The predicted octanol–water partition coefficient (Wildman–Crippen LogP) is 1.91. The second kappa shape index (κ2) is 8.94. The monoisotopic (exact) mass is 346 g/mol. The molecule has 1 aromatic rings. The minimum absolute atomic E-state index is 0.00829. The van der Waals surface area contributed by atoms with Crippen LogP contribution in [0.4, 0.5) is 0 Å². The molecule has 0 aromatic heterocycles. The topological polar surface area (TPSA) is 89.8 Å². The molecule has 134 valence electrons. The molecule has 1 amide bonds. The van der Waals surface area contributed by atoms with Crippen LogP contribution in [0.1, 0.15) is 18.4 Å². The molecule has 1 aliphatic heterocycles. The minimum Gasteiger partial charge on any atom is -0.496 e. The molecule has 0 saturated carbocycles. The Kier molecular flexibility index (Phi) is 6.66. The molecule has 1 N–H and O–H groups in total. The van der Waals surface area contributed by atoms with Crippen LogP contribution in [0.15, 0.2) is 17.7 Å². The van der Waals surface area contributed by atoms with E-state index in [4.69, 9.17) is 18.9 Å². The smallest absolute Gasteiger partial charge is 0.262 e. The summed E-state index contributed by atoms with van der Waals surface area (Å²) in [6.07, 6.45) is 3.35. The van der Waals surface area contributed by atoms with Crippen LogP contribution in [-0.4, -0.2) is 46.5 Å². The number of ether oxygens (including phenoxy) is 4. The number of nitriles is 1. The maximum Gasteiger partial charge on any atom is 0.262 e. The first-order valence-corrected chi connectivity index (χ1v) is 7.94. The molecule has 1 saturated heterocycles. The van der Waals surface area contributed by atoms with Gasteiger partial charge >= 0.3 is 0 Å². The average molecular weight is 346 g/mol. The Labute approximate surface area is 147 Å². The molecule has 25 heavy (non-hydrogen) atoms. The molecule has 0 radical (unpaired) electrons. The summed E-state index contributed by atoms with van der Waals surface area (Å²) in [6, 6.07) is 5.24.